The number of hydrogen-bond acceptors (Lipinski definition) is 3. The quantitative estimate of drug-likeness (QED) is 0.694. The molecule has 3 nitrogen and oxygen atoms in total. The lowest BCUT2D eigenvalue weighted by molar-refractivity contribution is -0.0000641. The zero-order chi connectivity index (χ0) is 12.3. The zero-order valence-electron chi connectivity index (χ0n) is 10.2. The minimum Gasteiger partial charge on any atom is -1.00 e. The molecule has 2 rings (SSSR count). The third kappa shape index (κ3) is 4.16. The van der Waals surface area contributed by atoms with Crippen LogP contribution in [0.5, 0.6) is 0 Å². The monoisotopic (exact) mass is 288 g/mol. The van der Waals surface area contributed by atoms with Gasteiger partial charge in [-0.1, -0.05) is 17.7 Å². The Morgan fingerprint density at radius 3 is 2.67 bits per heavy atom. The molecule has 1 aromatic carbocycles. The molecular weight excluding hydrogens is 273 g/mol. The normalized spacial score (nSPS) is 17.0. The first-order valence-corrected chi connectivity index (χ1v) is 6.18. The Kier molecular flexibility index (Phi) is 5.93. The number of piperidine rings is 1. The van der Waals surface area contributed by atoms with Crippen LogP contribution in [0.4, 0.5) is 0 Å². The van der Waals surface area contributed by atoms with Gasteiger partial charge in [-0.15, -0.1) is 0 Å². The Hall–Kier alpha value is -0.770. The highest BCUT2D eigenvalue weighted by molar-refractivity contribution is 6.30. The van der Waals surface area contributed by atoms with E-state index in [9.17, 15) is 4.79 Å². The van der Waals surface area contributed by atoms with E-state index in [4.69, 9.17) is 16.3 Å². The van der Waals surface area contributed by atoms with Gasteiger partial charge in [-0.05, 0) is 38.1 Å². The van der Waals surface area contributed by atoms with E-state index in [-0.39, 0.29) is 24.5 Å². The maximum absolute atomic E-state index is 11.9. The molecular formula is C13H16Cl2NO2-. The minimum absolute atomic E-state index is 0. The fraction of sp³-hybridized carbons (Fsp3) is 0.462. The van der Waals surface area contributed by atoms with Crippen LogP contribution in [0, 0.1) is 0 Å². The lowest BCUT2D eigenvalue weighted by atomic mass is 10.1. The van der Waals surface area contributed by atoms with E-state index in [1.54, 1.807) is 24.3 Å². The average molecular weight is 289 g/mol. The molecule has 0 radical (unpaired) electrons. The molecule has 0 atom stereocenters. The van der Waals surface area contributed by atoms with Crippen LogP contribution in [-0.2, 0) is 4.74 Å². The second-order valence-electron chi connectivity index (χ2n) is 4.42. The summed E-state index contributed by atoms with van der Waals surface area (Å²) in [6.07, 6.45) is 1.85. The summed E-state index contributed by atoms with van der Waals surface area (Å²) in [6.45, 7) is 1.96. The van der Waals surface area contributed by atoms with Gasteiger partial charge in [0.2, 0.25) is 0 Å². The van der Waals surface area contributed by atoms with Gasteiger partial charge in [-0.3, -0.25) is 0 Å². The van der Waals surface area contributed by atoms with Gasteiger partial charge in [-0.25, -0.2) is 4.79 Å². The van der Waals surface area contributed by atoms with Crippen LogP contribution >= 0.6 is 11.6 Å². The average Bonchev–Trinajstić information content (AvgIpc) is 2.32. The van der Waals surface area contributed by atoms with E-state index in [0.717, 1.165) is 25.9 Å². The number of carbonyl (C=O) groups is 1. The van der Waals surface area contributed by atoms with Gasteiger partial charge in [0, 0.05) is 18.1 Å². The van der Waals surface area contributed by atoms with Crippen molar-refractivity contribution in [3.63, 3.8) is 0 Å². The molecule has 0 aliphatic carbocycles. The standard InChI is InChI=1S/C13H16ClNO2.ClH/c1-15-7-5-12(6-8-15)17-13(16)10-3-2-4-11(14)9-10;/h2-4,9,12H,5-8H2,1H3;1H/p-1. The van der Waals surface area contributed by atoms with Crippen molar-refractivity contribution < 1.29 is 21.9 Å². The highest BCUT2D eigenvalue weighted by Crippen LogP contribution is 2.16. The summed E-state index contributed by atoms with van der Waals surface area (Å²) >= 11 is 5.84. The molecule has 0 unspecified atom stereocenters. The van der Waals surface area contributed by atoms with Crippen molar-refractivity contribution in [3.8, 4) is 0 Å². The van der Waals surface area contributed by atoms with Gasteiger partial charge in [0.25, 0.3) is 0 Å². The first kappa shape index (κ1) is 15.3. The molecule has 0 bridgehead atoms. The van der Waals surface area contributed by atoms with Crippen LogP contribution < -0.4 is 12.4 Å². The second-order valence-corrected chi connectivity index (χ2v) is 4.85. The fourth-order valence-electron chi connectivity index (χ4n) is 1.94. The maximum Gasteiger partial charge on any atom is 0.338 e. The van der Waals surface area contributed by atoms with Crippen molar-refractivity contribution in [2.24, 2.45) is 0 Å². The number of carbonyl (C=O) groups excluding carboxylic acids is 1. The summed E-state index contributed by atoms with van der Waals surface area (Å²) in [6, 6.07) is 6.86. The Balaban J connectivity index is 0.00000162. The van der Waals surface area contributed by atoms with E-state index in [2.05, 4.69) is 11.9 Å². The molecule has 5 heteroatoms. The summed E-state index contributed by atoms with van der Waals surface area (Å²) < 4.78 is 5.46. The first-order chi connectivity index (χ1) is 8.15. The molecule has 1 saturated heterocycles. The van der Waals surface area contributed by atoms with Gasteiger partial charge in [0.15, 0.2) is 0 Å². The highest BCUT2D eigenvalue weighted by Gasteiger charge is 2.20. The van der Waals surface area contributed by atoms with E-state index < -0.39 is 0 Å². The minimum atomic E-state index is -0.276. The van der Waals surface area contributed by atoms with Gasteiger partial charge in [0.1, 0.15) is 6.10 Å². The Morgan fingerprint density at radius 1 is 1.39 bits per heavy atom. The molecule has 1 fully saturated rings. The molecule has 0 amide bonds. The first-order valence-electron chi connectivity index (χ1n) is 5.80. The number of hydrogen-bond donors (Lipinski definition) is 0. The third-order valence-electron chi connectivity index (χ3n) is 3.00. The van der Waals surface area contributed by atoms with Crippen LogP contribution in [0.25, 0.3) is 0 Å². The van der Waals surface area contributed by atoms with E-state index in [0.29, 0.717) is 10.6 Å². The second kappa shape index (κ2) is 6.98. The van der Waals surface area contributed by atoms with Crippen LogP contribution in [0.15, 0.2) is 24.3 Å². The molecule has 0 spiro atoms. The van der Waals surface area contributed by atoms with Gasteiger partial charge in [-0.2, -0.15) is 0 Å². The fourth-order valence-corrected chi connectivity index (χ4v) is 2.13. The molecule has 0 saturated carbocycles. The van der Waals surface area contributed by atoms with Gasteiger partial charge in [0.05, 0.1) is 5.56 Å². The van der Waals surface area contributed by atoms with Crippen molar-refractivity contribution in [2.45, 2.75) is 18.9 Å². The van der Waals surface area contributed by atoms with E-state index >= 15 is 0 Å². The summed E-state index contributed by atoms with van der Waals surface area (Å²) in [7, 11) is 2.08. The smallest absolute Gasteiger partial charge is 0.338 e. The summed E-state index contributed by atoms with van der Waals surface area (Å²) in [5.74, 6) is -0.276. The highest BCUT2D eigenvalue weighted by atomic mass is 35.5. The van der Waals surface area contributed by atoms with Crippen molar-refractivity contribution >= 4 is 17.6 Å². The summed E-state index contributed by atoms with van der Waals surface area (Å²) in [5, 5.41) is 0.558. The Bertz CT molecular complexity index is 404. The van der Waals surface area contributed by atoms with Crippen molar-refractivity contribution in [1.82, 2.24) is 4.90 Å². The molecule has 100 valence electrons. The van der Waals surface area contributed by atoms with Gasteiger partial charge < -0.3 is 22.0 Å². The molecule has 1 aliphatic rings. The topological polar surface area (TPSA) is 29.5 Å². The number of benzene rings is 1. The third-order valence-corrected chi connectivity index (χ3v) is 3.23. The predicted molar refractivity (Wildman–Crippen MR) is 67.4 cm³/mol. The summed E-state index contributed by atoms with van der Waals surface area (Å²) in [5.41, 5.74) is 0.524. The lowest BCUT2D eigenvalue weighted by Crippen LogP contribution is -3.00. The van der Waals surface area contributed by atoms with Crippen molar-refractivity contribution in [3.05, 3.63) is 34.9 Å². The summed E-state index contributed by atoms with van der Waals surface area (Å²) in [4.78, 5) is 14.1. The SMILES string of the molecule is CN1CCC(OC(=O)c2cccc(Cl)c2)CC1.[Cl-]. The number of ether oxygens (including phenoxy) is 1. The van der Waals surface area contributed by atoms with Crippen LogP contribution in [0.2, 0.25) is 5.02 Å². The number of halogens is 2. The molecule has 0 N–H and O–H groups in total. The largest absolute Gasteiger partial charge is 1.00 e. The molecule has 1 heterocycles. The Labute approximate surface area is 118 Å². The molecule has 18 heavy (non-hydrogen) atoms. The van der Waals surface area contributed by atoms with Crippen LogP contribution in [0.3, 0.4) is 0 Å². The molecule has 1 aliphatic heterocycles. The van der Waals surface area contributed by atoms with E-state index in [1.165, 1.54) is 0 Å². The lowest BCUT2D eigenvalue weighted by Gasteiger charge is -2.28. The molecule has 0 aromatic heterocycles. The van der Waals surface area contributed by atoms with Crippen LogP contribution in [0.1, 0.15) is 23.2 Å². The predicted octanol–water partition coefficient (Wildman–Crippen LogP) is -0.405. The van der Waals surface area contributed by atoms with E-state index in [1.807, 2.05) is 0 Å². The Morgan fingerprint density at radius 2 is 2.06 bits per heavy atom. The van der Waals surface area contributed by atoms with Crippen LogP contribution in [-0.4, -0.2) is 37.1 Å². The number of nitrogens with zero attached hydrogens (tertiary/aromatic N) is 1. The van der Waals surface area contributed by atoms with Crippen molar-refractivity contribution in [1.29, 1.82) is 0 Å². The molecule has 1 aromatic rings. The zero-order valence-corrected chi connectivity index (χ0v) is 11.7. The van der Waals surface area contributed by atoms with Crippen molar-refractivity contribution in [2.75, 3.05) is 20.1 Å². The number of likely N-dealkylation sites (tertiary alicyclic amines) is 1. The number of esters is 1. The number of rotatable bonds is 2. The maximum atomic E-state index is 11.9. The van der Waals surface area contributed by atoms with Gasteiger partial charge >= 0.3 is 5.97 Å².